The predicted molar refractivity (Wildman–Crippen MR) is 79.1 cm³/mol. The Morgan fingerprint density at radius 3 is 2.55 bits per heavy atom. The third kappa shape index (κ3) is 3.40. The first-order valence-electron chi connectivity index (χ1n) is 6.83. The molecule has 0 aliphatic carbocycles. The average Bonchev–Trinajstić information content (AvgIpc) is 2.45. The normalized spacial score (nSPS) is 12.4. The lowest BCUT2D eigenvalue weighted by Crippen LogP contribution is -2.20. The van der Waals surface area contributed by atoms with Crippen LogP contribution in [-0.2, 0) is 13.2 Å². The summed E-state index contributed by atoms with van der Waals surface area (Å²) in [7, 11) is 0. The fourth-order valence-corrected chi connectivity index (χ4v) is 2.27. The third-order valence-corrected chi connectivity index (χ3v) is 3.49. The van der Waals surface area contributed by atoms with Crippen LogP contribution in [0.2, 0.25) is 0 Å². The molecule has 1 atom stereocenters. The number of aliphatic hydroxyl groups excluding tert-OH is 1. The van der Waals surface area contributed by atoms with Gasteiger partial charge in [0.05, 0.1) is 6.61 Å². The highest BCUT2D eigenvalue weighted by molar-refractivity contribution is 5.27. The Balaban J connectivity index is 2.06. The number of benzene rings is 1. The molecule has 0 aliphatic heterocycles. The van der Waals surface area contributed by atoms with E-state index >= 15 is 0 Å². The average molecular weight is 271 g/mol. The first-order valence-corrected chi connectivity index (χ1v) is 6.83. The molecule has 0 aliphatic rings. The second kappa shape index (κ2) is 6.59. The van der Waals surface area contributed by atoms with Gasteiger partial charge in [0.2, 0.25) is 0 Å². The molecule has 2 aromatic rings. The van der Waals surface area contributed by atoms with Crippen LogP contribution in [0.4, 0.5) is 0 Å². The maximum atomic E-state index is 9.33. The van der Waals surface area contributed by atoms with Gasteiger partial charge in [0, 0.05) is 30.0 Å². The number of aliphatic hydroxyl groups is 1. The molecule has 0 amide bonds. The summed E-state index contributed by atoms with van der Waals surface area (Å²) in [4.78, 5) is 8.65. The zero-order valence-corrected chi connectivity index (χ0v) is 12.2. The lowest BCUT2D eigenvalue weighted by Gasteiger charge is -2.17. The molecule has 0 saturated carbocycles. The largest absolute Gasteiger partial charge is 0.392 e. The van der Waals surface area contributed by atoms with Crippen LogP contribution in [0, 0.1) is 13.8 Å². The van der Waals surface area contributed by atoms with Crippen molar-refractivity contribution in [1.82, 2.24) is 15.3 Å². The Morgan fingerprint density at radius 1 is 1.20 bits per heavy atom. The predicted octanol–water partition coefficient (Wildman–Crippen LogP) is 2.44. The Hall–Kier alpha value is -1.78. The van der Waals surface area contributed by atoms with Crippen molar-refractivity contribution in [3.8, 4) is 0 Å². The second-order valence-electron chi connectivity index (χ2n) is 4.99. The summed E-state index contributed by atoms with van der Waals surface area (Å²) < 4.78 is 0. The van der Waals surface area contributed by atoms with Gasteiger partial charge in [-0.1, -0.05) is 24.3 Å². The molecule has 0 saturated heterocycles. The fraction of sp³-hybridized carbons (Fsp3) is 0.375. The lowest BCUT2D eigenvalue weighted by molar-refractivity contribution is 0.280. The highest BCUT2D eigenvalue weighted by Gasteiger charge is 2.10. The van der Waals surface area contributed by atoms with Gasteiger partial charge in [0.25, 0.3) is 0 Å². The molecule has 1 unspecified atom stereocenters. The molecule has 20 heavy (non-hydrogen) atoms. The van der Waals surface area contributed by atoms with Gasteiger partial charge in [0.1, 0.15) is 5.82 Å². The van der Waals surface area contributed by atoms with Crippen molar-refractivity contribution >= 4 is 0 Å². The summed E-state index contributed by atoms with van der Waals surface area (Å²) in [5, 5.41) is 12.8. The van der Waals surface area contributed by atoms with Gasteiger partial charge >= 0.3 is 0 Å². The first kappa shape index (κ1) is 14.6. The van der Waals surface area contributed by atoms with Crippen molar-refractivity contribution in [1.29, 1.82) is 0 Å². The molecule has 1 heterocycles. The van der Waals surface area contributed by atoms with E-state index in [9.17, 15) is 5.11 Å². The summed E-state index contributed by atoms with van der Waals surface area (Å²) in [6.45, 7) is 6.78. The number of rotatable bonds is 5. The van der Waals surface area contributed by atoms with E-state index in [0.717, 1.165) is 28.2 Å². The number of nitrogens with one attached hydrogen (secondary N) is 1. The van der Waals surface area contributed by atoms with Crippen molar-refractivity contribution < 1.29 is 5.11 Å². The quantitative estimate of drug-likeness (QED) is 0.877. The van der Waals surface area contributed by atoms with Crippen molar-refractivity contribution in [2.45, 2.75) is 40.0 Å². The van der Waals surface area contributed by atoms with E-state index in [0.29, 0.717) is 6.54 Å². The number of aromatic nitrogens is 2. The molecule has 4 heteroatoms. The van der Waals surface area contributed by atoms with Gasteiger partial charge in [-0.05, 0) is 31.9 Å². The van der Waals surface area contributed by atoms with Gasteiger partial charge < -0.3 is 10.4 Å². The monoisotopic (exact) mass is 271 g/mol. The lowest BCUT2D eigenvalue weighted by atomic mass is 10.1. The summed E-state index contributed by atoms with van der Waals surface area (Å²) in [5.74, 6) is 0.795. The Kier molecular flexibility index (Phi) is 4.82. The van der Waals surface area contributed by atoms with E-state index < -0.39 is 0 Å². The van der Waals surface area contributed by atoms with Gasteiger partial charge in [-0.15, -0.1) is 0 Å². The first-order chi connectivity index (χ1) is 9.61. The van der Waals surface area contributed by atoms with E-state index in [4.69, 9.17) is 0 Å². The molecule has 106 valence electrons. The van der Waals surface area contributed by atoms with Crippen LogP contribution in [0.3, 0.4) is 0 Å². The van der Waals surface area contributed by atoms with Crippen LogP contribution >= 0.6 is 0 Å². The molecular weight excluding hydrogens is 250 g/mol. The molecule has 2 rings (SSSR count). The molecule has 4 nitrogen and oxygen atoms in total. The number of aryl methyl sites for hydroxylation is 2. The van der Waals surface area contributed by atoms with Crippen LogP contribution in [0.25, 0.3) is 0 Å². The van der Waals surface area contributed by atoms with E-state index in [1.165, 1.54) is 0 Å². The smallest absolute Gasteiger partial charge is 0.125 e. The Bertz CT molecular complexity index is 584. The Labute approximate surface area is 119 Å². The summed E-state index contributed by atoms with van der Waals surface area (Å²) in [6.07, 6.45) is 1.88. The van der Waals surface area contributed by atoms with E-state index in [1.54, 1.807) is 0 Å². The van der Waals surface area contributed by atoms with Crippen LogP contribution in [0.5, 0.6) is 0 Å². The maximum Gasteiger partial charge on any atom is 0.125 e. The van der Waals surface area contributed by atoms with Crippen molar-refractivity contribution in [2.24, 2.45) is 0 Å². The van der Waals surface area contributed by atoms with E-state index in [2.05, 4.69) is 22.2 Å². The fourth-order valence-electron chi connectivity index (χ4n) is 2.27. The molecular formula is C16H21N3O. The number of hydrogen-bond acceptors (Lipinski definition) is 4. The van der Waals surface area contributed by atoms with Crippen molar-refractivity contribution in [3.63, 3.8) is 0 Å². The highest BCUT2D eigenvalue weighted by atomic mass is 16.3. The minimum absolute atomic E-state index is 0.0684. The minimum Gasteiger partial charge on any atom is -0.392 e. The highest BCUT2D eigenvalue weighted by Crippen LogP contribution is 2.16. The molecule has 1 aromatic carbocycles. The topological polar surface area (TPSA) is 58.0 Å². The summed E-state index contributed by atoms with van der Waals surface area (Å²) in [6, 6.07) is 8.07. The standard InChI is InChI=1S/C16H21N3O/c1-11(16-9-18-13(3)19-12(16)2)17-8-14-6-4-5-7-15(14)10-20/h4-7,9,11,17,20H,8,10H2,1-3H3. The van der Waals surface area contributed by atoms with Gasteiger partial charge in [0.15, 0.2) is 0 Å². The van der Waals surface area contributed by atoms with Crippen LogP contribution in [-0.4, -0.2) is 15.1 Å². The molecule has 0 fully saturated rings. The molecule has 0 spiro atoms. The van der Waals surface area contributed by atoms with Crippen molar-refractivity contribution in [2.75, 3.05) is 0 Å². The van der Waals surface area contributed by atoms with Gasteiger partial charge in [-0.25, -0.2) is 9.97 Å². The third-order valence-electron chi connectivity index (χ3n) is 3.49. The zero-order valence-electron chi connectivity index (χ0n) is 12.2. The van der Waals surface area contributed by atoms with E-state index in [1.807, 2.05) is 44.3 Å². The van der Waals surface area contributed by atoms with Crippen LogP contribution in [0.15, 0.2) is 30.5 Å². The summed E-state index contributed by atoms with van der Waals surface area (Å²) >= 11 is 0. The van der Waals surface area contributed by atoms with Crippen LogP contribution in [0.1, 0.15) is 41.2 Å². The minimum atomic E-state index is 0.0684. The molecule has 0 bridgehead atoms. The summed E-state index contributed by atoms with van der Waals surface area (Å²) in [5.41, 5.74) is 4.20. The maximum absolute atomic E-state index is 9.33. The van der Waals surface area contributed by atoms with Crippen molar-refractivity contribution in [3.05, 3.63) is 58.7 Å². The SMILES string of the molecule is Cc1ncc(C(C)NCc2ccccc2CO)c(C)n1. The number of hydrogen-bond donors (Lipinski definition) is 2. The molecule has 0 radical (unpaired) electrons. The second-order valence-corrected chi connectivity index (χ2v) is 4.99. The molecule has 2 N–H and O–H groups in total. The van der Waals surface area contributed by atoms with Gasteiger partial charge in [-0.3, -0.25) is 0 Å². The Morgan fingerprint density at radius 2 is 1.90 bits per heavy atom. The zero-order chi connectivity index (χ0) is 14.5. The van der Waals surface area contributed by atoms with Gasteiger partial charge in [-0.2, -0.15) is 0 Å². The van der Waals surface area contributed by atoms with E-state index in [-0.39, 0.29) is 12.6 Å². The molecule has 1 aromatic heterocycles. The van der Waals surface area contributed by atoms with Crippen LogP contribution < -0.4 is 5.32 Å². The number of nitrogens with zero attached hydrogens (tertiary/aromatic N) is 2.